The number of imidazole rings is 1. The van der Waals surface area contributed by atoms with Crippen LogP contribution in [0.4, 0.5) is 13.2 Å². The van der Waals surface area contributed by atoms with Crippen LogP contribution in [0, 0.1) is 6.92 Å². The van der Waals surface area contributed by atoms with Gasteiger partial charge in [0.1, 0.15) is 5.82 Å². The molecule has 0 spiro atoms. The van der Waals surface area contributed by atoms with Crippen molar-refractivity contribution in [2.75, 3.05) is 26.3 Å². The van der Waals surface area contributed by atoms with Crippen molar-refractivity contribution in [3.05, 3.63) is 35.5 Å². The summed E-state index contributed by atoms with van der Waals surface area (Å²) in [5.41, 5.74) is 0.253. The summed E-state index contributed by atoms with van der Waals surface area (Å²) in [7, 11) is 0. The number of hydrogen-bond donors (Lipinski definition) is 0. The quantitative estimate of drug-likeness (QED) is 0.709. The number of alkyl halides is 3. The van der Waals surface area contributed by atoms with Gasteiger partial charge in [0.15, 0.2) is 0 Å². The Hall–Kier alpha value is -1.93. The maximum Gasteiger partial charge on any atom is 0.418 e. The lowest BCUT2D eigenvalue weighted by Gasteiger charge is -2.43. The van der Waals surface area contributed by atoms with E-state index in [9.17, 15) is 13.2 Å². The van der Waals surface area contributed by atoms with Gasteiger partial charge in [-0.25, -0.2) is 4.98 Å². The van der Waals surface area contributed by atoms with Crippen molar-refractivity contribution < 1.29 is 17.9 Å². The Morgan fingerprint density at radius 2 is 1.90 bits per heavy atom. The molecule has 0 atom stereocenters. The molecule has 0 bridgehead atoms. The number of nitrogens with zero attached hydrogens (tertiary/aromatic N) is 4. The molecular formula is C22H29F3N4O. The summed E-state index contributed by atoms with van der Waals surface area (Å²) in [6.07, 6.45) is 2.12. The van der Waals surface area contributed by atoms with E-state index in [0.717, 1.165) is 51.4 Å². The highest BCUT2D eigenvalue weighted by Gasteiger charge is 2.37. The number of hydrogen-bond acceptors (Lipinski definition) is 4. The molecule has 0 amide bonds. The average Bonchev–Trinajstić information content (AvgIpc) is 2.89. The molecule has 30 heavy (non-hydrogen) atoms. The van der Waals surface area contributed by atoms with E-state index in [4.69, 9.17) is 9.72 Å². The largest absolute Gasteiger partial charge is 0.418 e. The Labute approximate surface area is 175 Å². The van der Waals surface area contributed by atoms with Gasteiger partial charge in [-0.2, -0.15) is 13.2 Å². The van der Waals surface area contributed by atoms with Crippen molar-refractivity contribution in [3.8, 4) is 11.3 Å². The third-order valence-corrected chi connectivity index (χ3v) is 6.22. The molecule has 2 aromatic rings. The molecule has 1 saturated carbocycles. The molecule has 8 heteroatoms. The topological polar surface area (TPSA) is 43.2 Å². The van der Waals surface area contributed by atoms with Gasteiger partial charge in [-0.15, -0.1) is 0 Å². The maximum atomic E-state index is 13.3. The Morgan fingerprint density at radius 1 is 1.13 bits per heavy atom. The first-order valence-corrected chi connectivity index (χ1v) is 10.7. The molecule has 2 fully saturated rings. The fourth-order valence-electron chi connectivity index (χ4n) is 4.44. The van der Waals surface area contributed by atoms with Crippen molar-refractivity contribution in [3.63, 3.8) is 0 Å². The zero-order chi connectivity index (χ0) is 21.5. The average molecular weight is 422 g/mol. The zero-order valence-corrected chi connectivity index (χ0v) is 17.7. The Kier molecular flexibility index (Phi) is 5.90. The molecule has 3 heterocycles. The van der Waals surface area contributed by atoms with E-state index in [-0.39, 0.29) is 11.6 Å². The van der Waals surface area contributed by atoms with Crippen LogP contribution in [0.3, 0.4) is 0 Å². The van der Waals surface area contributed by atoms with Gasteiger partial charge in [-0.3, -0.25) is 9.88 Å². The lowest BCUT2D eigenvalue weighted by Crippen LogP contribution is -2.46. The molecule has 1 saturated heterocycles. The van der Waals surface area contributed by atoms with Crippen LogP contribution in [0.5, 0.6) is 0 Å². The zero-order valence-electron chi connectivity index (χ0n) is 17.7. The summed E-state index contributed by atoms with van der Waals surface area (Å²) in [5, 5.41) is 0. The van der Waals surface area contributed by atoms with Crippen LogP contribution in [-0.2, 0) is 10.9 Å². The highest BCUT2D eigenvalue weighted by molar-refractivity contribution is 5.59. The monoisotopic (exact) mass is 422 g/mol. The van der Waals surface area contributed by atoms with Gasteiger partial charge < -0.3 is 9.30 Å². The first kappa shape index (κ1) is 21.3. The lowest BCUT2D eigenvalue weighted by atomic mass is 9.84. The molecule has 0 unspecified atom stereocenters. The summed E-state index contributed by atoms with van der Waals surface area (Å²) in [6.45, 7) is 9.18. The van der Waals surface area contributed by atoms with Crippen LogP contribution in [0.25, 0.3) is 11.3 Å². The third-order valence-electron chi connectivity index (χ3n) is 6.22. The van der Waals surface area contributed by atoms with E-state index < -0.39 is 11.7 Å². The second-order valence-corrected chi connectivity index (χ2v) is 8.68. The van der Waals surface area contributed by atoms with Crippen molar-refractivity contribution >= 4 is 0 Å². The molecule has 2 aliphatic rings. The predicted octanol–water partition coefficient (Wildman–Crippen LogP) is 4.82. The van der Waals surface area contributed by atoms with E-state index in [1.54, 1.807) is 0 Å². The minimum Gasteiger partial charge on any atom is -0.380 e. The second kappa shape index (κ2) is 8.30. The smallest absolute Gasteiger partial charge is 0.380 e. The Bertz CT molecular complexity index is 879. The van der Waals surface area contributed by atoms with Crippen LogP contribution in [0.1, 0.15) is 62.2 Å². The SMILES string of the molecule is Cc1ncc(-c2cn(C3CC(N4CCCOCC4)C3)c(C(C)C)n2)cc1C(F)(F)F. The number of ether oxygens (including phenoxy) is 1. The second-order valence-electron chi connectivity index (χ2n) is 8.68. The van der Waals surface area contributed by atoms with Crippen molar-refractivity contribution in [2.24, 2.45) is 0 Å². The minimum atomic E-state index is -4.42. The highest BCUT2D eigenvalue weighted by atomic mass is 19.4. The lowest BCUT2D eigenvalue weighted by molar-refractivity contribution is -0.138. The van der Waals surface area contributed by atoms with E-state index in [2.05, 4.69) is 28.3 Å². The molecule has 4 rings (SSSR count). The van der Waals surface area contributed by atoms with Gasteiger partial charge in [0.25, 0.3) is 0 Å². The van der Waals surface area contributed by atoms with Crippen LogP contribution in [0.15, 0.2) is 18.5 Å². The number of pyridine rings is 1. The predicted molar refractivity (Wildman–Crippen MR) is 108 cm³/mol. The number of aromatic nitrogens is 3. The van der Waals surface area contributed by atoms with E-state index in [1.165, 1.54) is 19.2 Å². The molecule has 1 aliphatic carbocycles. The third kappa shape index (κ3) is 4.25. The number of halogens is 3. The van der Waals surface area contributed by atoms with Crippen LogP contribution in [-0.4, -0.2) is 51.8 Å². The van der Waals surface area contributed by atoms with Crippen LogP contribution in [0.2, 0.25) is 0 Å². The maximum absolute atomic E-state index is 13.3. The van der Waals surface area contributed by atoms with Gasteiger partial charge in [0.2, 0.25) is 0 Å². The number of rotatable bonds is 4. The standard InChI is InChI=1S/C22H29F3N4O/c1-14(2)21-27-20(16-9-19(22(23,24)25)15(3)26-12-16)13-29(21)18-10-17(11-18)28-5-4-7-30-8-6-28/h9,12-14,17-18H,4-8,10-11H2,1-3H3. The molecule has 0 aromatic carbocycles. The molecule has 164 valence electrons. The fourth-order valence-corrected chi connectivity index (χ4v) is 4.44. The summed E-state index contributed by atoms with van der Waals surface area (Å²) in [5.74, 6) is 1.10. The van der Waals surface area contributed by atoms with Crippen LogP contribution >= 0.6 is 0 Å². The molecule has 2 aromatic heterocycles. The van der Waals surface area contributed by atoms with Crippen molar-refractivity contribution in [2.45, 2.75) is 64.2 Å². The van der Waals surface area contributed by atoms with E-state index in [1.807, 2.05) is 6.20 Å². The van der Waals surface area contributed by atoms with Crippen LogP contribution < -0.4 is 0 Å². The molecule has 0 N–H and O–H groups in total. The first-order valence-electron chi connectivity index (χ1n) is 10.7. The summed E-state index contributed by atoms with van der Waals surface area (Å²) >= 11 is 0. The van der Waals surface area contributed by atoms with E-state index >= 15 is 0 Å². The summed E-state index contributed by atoms with van der Waals surface area (Å²) < 4.78 is 47.7. The first-order chi connectivity index (χ1) is 14.2. The summed E-state index contributed by atoms with van der Waals surface area (Å²) in [6, 6.07) is 2.04. The van der Waals surface area contributed by atoms with Gasteiger partial charge in [-0.1, -0.05) is 13.8 Å². The fraction of sp³-hybridized carbons (Fsp3) is 0.636. The highest BCUT2D eigenvalue weighted by Crippen LogP contribution is 2.40. The Balaban J connectivity index is 1.56. The van der Waals surface area contributed by atoms with E-state index in [0.29, 0.717) is 23.3 Å². The van der Waals surface area contributed by atoms with Gasteiger partial charge in [-0.05, 0) is 32.3 Å². The number of aryl methyl sites for hydroxylation is 1. The normalized spacial score (nSPS) is 23.4. The summed E-state index contributed by atoms with van der Waals surface area (Å²) in [4.78, 5) is 11.2. The van der Waals surface area contributed by atoms with Gasteiger partial charge >= 0.3 is 6.18 Å². The minimum absolute atomic E-state index is 0.0157. The molecule has 1 aliphatic heterocycles. The van der Waals surface area contributed by atoms with Crippen molar-refractivity contribution in [1.82, 2.24) is 19.4 Å². The van der Waals surface area contributed by atoms with Gasteiger partial charge in [0, 0.05) is 61.3 Å². The Morgan fingerprint density at radius 3 is 2.60 bits per heavy atom. The van der Waals surface area contributed by atoms with Gasteiger partial charge in [0.05, 0.1) is 17.9 Å². The molecule has 0 radical (unpaired) electrons. The van der Waals surface area contributed by atoms with Crippen molar-refractivity contribution in [1.29, 1.82) is 0 Å². The molecular weight excluding hydrogens is 393 g/mol. The molecule has 5 nitrogen and oxygen atoms in total.